The molecule has 14 heavy (non-hydrogen) atoms. The van der Waals surface area contributed by atoms with Gasteiger partial charge < -0.3 is 10.5 Å². The first-order valence-electron chi connectivity index (χ1n) is 3.98. The van der Waals surface area contributed by atoms with Gasteiger partial charge in [-0.3, -0.25) is 0 Å². The molecular weight excluding hydrogens is 269 g/mol. The molecule has 0 heterocycles. The Morgan fingerprint density at radius 3 is 2.79 bits per heavy atom. The number of hydrogen-bond donors (Lipinski definition) is 1. The third kappa shape index (κ3) is 2.39. The molecule has 1 aromatic rings. The maximum absolute atomic E-state index is 11.3. The molecule has 0 aliphatic heterocycles. The summed E-state index contributed by atoms with van der Waals surface area (Å²) >= 11 is 9.00. The number of nitrogens with two attached hydrogens (primary N) is 1. The van der Waals surface area contributed by atoms with Gasteiger partial charge in [0.1, 0.15) is 0 Å². The van der Waals surface area contributed by atoms with Crippen LogP contribution in [0.4, 0.5) is 5.69 Å². The summed E-state index contributed by atoms with van der Waals surface area (Å²) in [7, 11) is 0. The third-order valence-corrected chi connectivity index (χ3v) is 2.84. The van der Waals surface area contributed by atoms with E-state index in [1.807, 2.05) is 0 Å². The summed E-state index contributed by atoms with van der Waals surface area (Å²) < 4.78 is 5.40. The summed E-state index contributed by atoms with van der Waals surface area (Å²) in [6.45, 7) is 2.07. The van der Waals surface area contributed by atoms with Gasteiger partial charge in [-0.15, -0.1) is 0 Å². The number of esters is 1. The maximum Gasteiger partial charge on any atom is 0.338 e. The minimum Gasteiger partial charge on any atom is -0.462 e. The fraction of sp³-hybridized carbons (Fsp3) is 0.222. The van der Waals surface area contributed by atoms with Gasteiger partial charge in [-0.2, -0.15) is 0 Å². The summed E-state index contributed by atoms with van der Waals surface area (Å²) in [4.78, 5) is 11.3. The van der Waals surface area contributed by atoms with E-state index in [-0.39, 0.29) is 0 Å². The number of hydrogen-bond acceptors (Lipinski definition) is 3. The molecule has 0 aliphatic rings. The molecule has 0 atom stereocenters. The first-order valence-corrected chi connectivity index (χ1v) is 5.15. The monoisotopic (exact) mass is 277 g/mol. The molecule has 0 unspecified atom stereocenters. The minimum atomic E-state index is -0.406. The number of benzene rings is 1. The largest absolute Gasteiger partial charge is 0.462 e. The molecule has 0 radical (unpaired) electrons. The molecule has 0 fully saturated rings. The summed E-state index contributed by atoms with van der Waals surface area (Å²) in [6, 6.07) is 3.07. The maximum atomic E-state index is 11.3. The normalized spacial score (nSPS) is 9.93. The Morgan fingerprint density at radius 1 is 1.64 bits per heavy atom. The molecule has 5 heteroatoms. The van der Waals surface area contributed by atoms with Crippen molar-refractivity contribution in [3.05, 3.63) is 27.2 Å². The van der Waals surface area contributed by atoms with E-state index in [2.05, 4.69) is 15.9 Å². The van der Waals surface area contributed by atoms with Crippen LogP contribution in [0.5, 0.6) is 0 Å². The predicted octanol–water partition coefficient (Wildman–Crippen LogP) is 2.86. The Labute approximate surface area is 95.3 Å². The van der Waals surface area contributed by atoms with Crippen LogP contribution in [0.3, 0.4) is 0 Å². The van der Waals surface area contributed by atoms with Crippen molar-refractivity contribution in [2.45, 2.75) is 6.92 Å². The number of carbonyl (C=O) groups is 1. The van der Waals surface area contributed by atoms with Crippen LogP contribution in [0.1, 0.15) is 17.3 Å². The van der Waals surface area contributed by atoms with Gasteiger partial charge in [-0.05, 0) is 35.0 Å². The predicted molar refractivity (Wildman–Crippen MR) is 59.5 cm³/mol. The van der Waals surface area contributed by atoms with Crippen molar-refractivity contribution in [1.29, 1.82) is 0 Å². The summed E-state index contributed by atoms with van der Waals surface area (Å²) in [6.07, 6.45) is 0. The van der Waals surface area contributed by atoms with Gasteiger partial charge in [-0.25, -0.2) is 4.79 Å². The Bertz CT molecular complexity index is 345. The van der Waals surface area contributed by atoms with Gasteiger partial charge in [0.05, 0.1) is 22.9 Å². The molecule has 1 aromatic carbocycles. The van der Waals surface area contributed by atoms with Crippen molar-refractivity contribution >= 4 is 39.2 Å². The third-order valence-electron chi connectivity index (χ3n) is 1.57. The van der Waals surface area contributed by atoms with Crippen LogP contribution in [0, 0.1) is 0 Å². The summed E-state index contributed by atoms with van der Waals surface area (Å²) in [5, 5.41) is 0.401. The number of nitrogen functional groups attached to an aromatic ring is 1. The van der Waals surface area contributed by atoms with Crippen LogP contribution in [0.2, 0.25) is 5.02 Å². The Morgan fingerprint density at radius 2 is 2.29 bits per heavy atom. The Balaban J connectivity index is 3.06. The molecule has 76 valence electrons. The Hall–Kier alpha value is -0.740. The fourth-order valence-corrected chi connectivity index (χ4v) is 1.53. The van der Waals surface area contributed by atoms with Crippen LogP contribution in [-0.2, 0) is 4.74 Å². The van der Waals surface area contributed by atoms with E-state index in [0.29, 0.717) is 27.4 Å². The molecule has 0 saturated carbocycles. The molecule has 0 bridgehead atoms. The molecule has 0 aromatic heterocycles. The zero-order valence-corrected chi connectivity index (χ0v) is 9.85. The SMILES string of the molecule is CCOC(=O)c1cc(N)c(Cl)c(Br)c1. The van der Waals surface area contributed by atoms with E-state index in [1.54, 1.807) is 13.0 Å². The van der Waals surface area contributed by atoms with Crippen LogP contribution < -0.4 is 5.73 Å². The van der Waals surface area contributed by atoms with Crippen LogP contribution in [0.15, 0.2) is 16.6 Å². The van der Waals surface area contributed by atoms with E-state index in [0.717, 1.165) is 0 Å². The molecule has 2 N–H and O–H groups in total. The lowest BCUT2D eigenvalue weighted by molar-refractivity contribution is 0.0526. The summed E-state index contributed by atoms with van der Waals surface area (Å²) in [5.41, 5.74) is 6.33. The minimum absolute atomic E-state index is 0.332. The van der Waals surface area contributed by atoms with Gasteiger partial charge >= 0.3 is 5.97 Å². The zero-order valence-electron chi connectivity index (χ0n) is 7.51. The highest BCUT2D eigenvalue weighted by Crippen LogP contribution is 2.29. The molecule has 0 amide bonds. The topological polar surface area (TPSA) is 52.3 Å². The molecular formula is C9H9BrClNO2. The highest BCUT2D eigenvalue weighted by Gasteiger charge is 2.11. The van der Waals surface area contributed by atoms with E-state index in [4.69, 9.17) is 22.1 Å². The quantitative estimate of drug-likeness (QED) is 0.668. The van der Waals surface area contributed by atoms with Crippen molar-refractivity contribution in [3.8, 4) is 0 Å². The fourth-order valence-electron chi connectivity index (χ4n) is 0.943. The standard InChI is InChI=1S/C9H9BrClNO2/c1-2-14-9(13)5-3-6(10)8(11)7(12)4-5/h3-4H,2,12H2,1H3. The van der Waals surface area contributed by atoms with Crippen molar-refractivity contribution < 1.29 is 9.53 Å². The number of ether oxygens (including phenoxy) is 1. The van der Waals surface area contributed by atoms with E-state index in [1.165, 1.54) is 6.07 Å². The highest BCUT2D eigenvalue weighted by atomic mass is 79.9. The van der Waals surface area contributed by atoms with E-state index >= 15 is 0 Å². The van der Waals surface area contributed by atoms with Crippen molar-refractivity contribution in [2.75, 3.05) is 12.3 Å². The second-order valence-corrected chi connectivity index (χ2v) is 3.81. The van der Waals surface area contributed by atoms with Crippen LogP contribution in [-0.4, -0.2) is 12.6 Å². The number of halogens is 2. The second kappa shape index (κ2) is 4.66. The lowest BCUT2D eigenvalue weighted by Crippen LogP contribution is -2.05. The first kappa shape index (κ1) is 11.3. The Kier molecular flexibility index (Phi) is 3.77. The van der Waals surface area contributed by atoms with Gasteiger partial charge in [0.2, 0.25) is 0 Å². The molecule has 0 saturated heterocycles. The first-order chi connectivity index (χ1) is 6.56. The number of rotatable bonds is 2. The van der Waals surface area contributed by atoms with Crippen molar-refractivity contribution in [3.63, 3.8) is 0 Å². The van der Waals surface area contributed by atoms with Gasteiger partial charge in [0.15, 0.2) is 0 Å². The van der Waals surface area contributed by atoms with Crippen molar-refractivity contribution in [2.24, 2.45) is 0 Å². The lowest BCUT2D eigenvalue weighted by Gasteiger charge is -2.05. The van der Waals surface area contributed by atoms with Crippen LogP contribution in [0.25, 0.3) is 0 Å². The zero-order chi connectivity index (χ0) is 10.7. The smallest absolute Gasteiger partial charge is 0.338 e. The number of carbonyl (C=O) groups excluding carboxylic acids is 1. The molecule has 1 rings (SSSR count). The average Bonchev–Trinajstić information content (AvgIpc) is 2.13. The highest BCUT2D eigenvalue weighted by molar-refractivity contribution is 9.10. The van der Waals surface area contributed by atoms with Gasteiger partial charge in [0, 0.05) is 4.47 Å². The molecule has 3 nitrogen and oxygen atoms in total. The van der Waals surface area contributed by atoms with E-state index < -0.39 is 5.97 Å². The van der Waals surface area contributed by atoms with Crippen LogP contribution >= 0.6 is 27.5 Å². The van der Waals surface area contributed by atoms with Crippen molar-refractivity contribution in [1.82, 2.24) is 0 Å². The van der Waals surface area contributed by atoms with E-state index in [9.17, 15) is 4.79 Å². The summed E-state index contributed by atoms with van der Waals surface area (Å²) in [5.74, 6) is -0.406. The van der Waals surface area contributed by atoms with Gasteiger partial charge in [-0.1, -0.05) is 11.6 Å². The second-order valence-electron chi connectivity index (χ2n) is 2.58. The molecule has 0 aliphatic carbocycles. The number of anilines is 1. The molecule has 0 spiro atoms. The average molecular weight is 279 g/mol. The van der Waals surface area contributed by atoms with Gasteiger partial charge in [0.25, 0.3) is 0 Å². The lowest BCUT2D eigenvalue weighted by atomic mass is 10.2.